The number of benzene rings is 1. The summed E-state index contributed by atoms with van der Waals surface area (Å²) in [7, 11) is 0. The molecule has 1 aromatic rings. The minimum Gasteiger partial charge on any atom is -0.350 e. The molecule has 0 spiro atoms. The number of carbonyl (C=O) groups excluding carboxylic acids is 2. The fourth-order valence-electron chi connectivity index (χ4n) is 2.58. The zero-order chi connectivity index (χ0) is 15.2. The van der Waals surface area contributed by atoms with Crippen LogP contribution in [0.2, 0.25) is 0 Å². The highest BCUT2D eigenvalue weighted by Crippen LogP contribution is 2.21. The monoisotopic (exact) mass is 286 g/mol. The third-order valence-corrected chi connectivity index (χ3v) is 3.64. The minimum atomic E-state index is -0.100. The summed E-state index contributed by atoms with van der Waals surface area (Å²) < 4.78 is 0. The van der Waals surface area contributed by atoms with Crippen LogP contribution >= 0.6 is 0 Å². The van der Waals surface area contributed by atoms with Crippen LogP contribution in [-0.4, -0.2) is 11.8 Å². The smallest absolute Gasteiger partial charge is 0.221 e. The van der Waals surface area contributed by atoms with Crippen LogP contribution in [0.1, 0.15) is 44.7 Å². The van der Waals surface area contributed by atoms with E-state index in [2.05, 4.69) is 22.8 Å². The van der Waals surface area contributed by atoms with E-state index in [-0.39, 0.29) is 17.9 Å². The van der Waals surface area contributed by atoms with Gasteiger partial charge in [-0.3, -0.25) is 9.59 Å². The van der Waals surface area contributed by atoms with E-state index in [0.717, 1.165) is 24.1 Å². The van der Waals surface area contributed by atoms with Crippen LogP contribution < -0.4 is 10.6 Å². The zero-order valence-electron chi connectivity index (χ0n) is 12.6. The van der Waals surface area contributed by atoms with Crippen LogP contribution in [0.15, 0.2) is 36.4 Å². The summed E-state index contributed by atoms with van der Waals surface area (Å²) in [4.78, 5) is 23.1. The van der Waals surface area contributed by atoms with Crippen LogP contribution in [0.3, 0.4) is 0 Å². The highest BCUT2D eigenvalue weighted by molar-refractivity contribution is 5.88. The van der Waals surface area contributed by atoms with Crippen molar-refractivity contribution in [1.82, 2.24) is 5.32 Å². The van der Waals surface area contributed by atoms with Crippen LogP contribution in [0.25, 0.3) is 0 Å². The summed E-state index contributed by atoms with van der Waals surface area (Å²) in [5, 5.41) is 5.77. The van der Waals surface area contributed by atoms with Crippen molar-refractivity contribution < 1.29 is 9.59 Å². The van der Waals surface area contributed by atoms with Crippen molar-refractivity contribution in [2.24, 2.45) is 5.92 Å². The van der Waals surface area contributed by atoms with Gasteiger partial charge in [-0.15, -0.1) is 0 Å². The maximum absolute atomic E-state index is 12.0. The van der Waals surface area contributed by atoms with E-state index >= 15 is 0 Å². The van der Waals surface area contributed by atoms with Crippen LogP contribution in [0, 0.1) is 5.92 Å². The van der Waals surface area contributed by atoms with Gasteiger partial charge in [0.15, 0.2) is 0 Å². The third kappa shape index (κ3) is 4.74. The average molecular weight is 286 g/mol. The molecule has 1 aliphatic rings. The quantitative estimate of drug-likeness (QED) is 0.817. The van der Waals surface area contributed by atoms with Gasteiger partial charge in [0.1, 0.15) is 0 Å². The van der Waals surface area contributed by atoms with Crippen LogP contribution in [0.5, 0.6) is 0 Å². The Hall–Kier alpha value is -2.10. The fraction of sp³-hybridized carbons (Fsp3) is 0.412. The zero-order valence-corrected chi connectivity index (χ0v) is 12.6. The summed E-state index contributed by atoms with van der Waals surface area (Å²) in [6.45, 7) is 3.43. The normalized spacial score (nSPS) is 18.3. The lowest BCUT2D eigenvalue weighted by Crippen LogP contribution is -2.27. The van der Waals surface area contributed by atoms with Gasteiger partial charge in [0, 0.05) is 19.0 Å². The third-order valence-electron chi connectivity index (χ3n) is 3.64. The summed E-state index contributed by atoms with van der Waals surface area (Å²) >= 11 is 0. The van der Waals surface area contributed by atoms with Crippen LogP contribution in [0.4, 0.5) is 5.69 Å². The van der Waals surface area contributed by atoms with E-state index in [1.54, 1.807) is 0 Å². The van der Waals surface area contributed by atoms with Gasteiger partial charge in [-0.1, -0.05) is 24.3 Å². The maximum Gasteiger partial charge on any atom is 0.221 e. The van der Waals surface area contributed by atoms with E-state index in [1.165, 1.54) is 6.92 Å². The molecule has 0 aromatic heterocycles. The highest BCUT2D eigenvalue weighted by Gasteiger charge is 2.16. The molecule has 2 atom stereocenters. The molecule has 2 unspecified atom stereocenters. The lowest BCUT2D eigenvalue weighted by atomic mass is 10.0. The predicted octanol–water partition coefficient (Wildman–Crippen LogP) is 3.18. The minimum absolute atomic E-state index is 0.0726. The van der Waals surface area contributed by atoms with Crippen molar-refractivity contribution in [2.75, 3.05) is 5.32 Å². The predicted molar refractivity (Wildman–Crippen MR) is 83.8 cm³/mol. The van der Waals surface area contributed by atoms with Gasteiger partial charge in [0.05, 0.1) is 6.04 Å². The first-order valence-corrected chi connectivity index (χ1v) is 7.38. The van der Waals surface area contributed by atoms with Crippen molar-refractivity contribution in [3.8, 4) is 0 Å². The molecule has 0 saturated carbocycles. The first-order chi connectivity index (χ1) is 10.0. The van der Waals surface area contributed by atoms with Crippen LogP contribution in [-0.2, 0) is 9.59 Å². The van der Waals surface area contributed by atoms with Crippen molar-refractivity contribution in [1.29, 1.82) is 0 Å². The molecule has 112 valence electrons. The summed E-state index contributed by atoms with van der Waals surface area (Å²) in [5.41, 5.74) is 1.73. The molecule has 2 rings (SSSR count). The number of anilines is 1. The maximum atomic E-state index is 12.0. The van der Waals surface area contributed by atoms with E-state index in [4.69, 9.17) is 0 Å². The molecule has 0 bridgehead atoms. The van der Waals surface area contributed by atoms with Gasteiger partial charge in [0.25, 0.3) is 0 Å². The highest BCUT2D eigenvalue weighted by atomic mass is 16.2. The lowest BCUT2D eigenvalue weighted by Gasteiger charge is -2.16. The first-order valence-electron chi connectivity index (χ1n) is 7.38. The SMILES string of the molecule is CC(=O)Nc1cccc(C(C)NC(=O)CC2C=CCC2)c1. The average Bonchev–Trinajstić information content (AvgIpc) is 2.90. The molecule has 0 aliphatic heterocycles. The van der Waals surface area contributed by atoms with Crippen molar-refractivity contribution in [3.63, 3.8) is 0 Å². The second-order valence-corrected chi connectivity index (χ2v) is 5.57. The Bertz CT molecular complexity index is 551. The molecular weight excluding hydrogens is 264 g/mol. The summed E-state index contributed by atoms with van der Waals surface area (Å²) in [6, 6.07) is 7.48. The summed E-state index contributed by atoms with van der Waals surface area (Å²) in [5.74, 6) is 0.351. The number of allylic oxidation sites excluding steroid dienone is 2. The molecule has 0 radical (unpaired) electrons. The Kier molecular flexibility index (Phi) is 5.14. The standard InChI is InChI=1S/C17H22N2O2/c1-12(18-17(21)10-14-6-3-4-7-14)15-8-5-9-16(11-15)19-13(2)20/h3,5-6,8-9,11-12,14H,4,7,10H2,1-2H3,(H,18,21)(H,19,20). The molecule has 1 aromatic carbocycles. The first kappa shape index (κ1) is 15.3. The Morgan fingerprint density at radius 3 is 2.86 bits per heavy atom. The van der Waals surface area contributed by atoms with Gasteiger partial charge >= 0.3 is 0 Å². The van der Waals surface area contributed by atoms with Gasteiger partial charge in [-0.05, 0) is 43.4 Å². The Morgan fingerprint density at radius 1 is 1.38 bits per heavy atom. The van der Waals surface area contributed by atoms with Gasteiger partial charge in [-0.2, -0.15) is 0 Å². The summed E-state index contributed by atoms with van der Waals surface area (Å²) in [6.07, 6.45) is 6.96. The van der Waals surface area contributed by atoms with E-state index in [1.807, 2.05) is 31.2 Å². The molecule has 0 saturated heterocycles. The van der Waals surface area contributed by atoms with E-state index < -0.39 is 0 Å². The van der Waals surface area contributed by atoms with Gasteiger partial charge in [-0.25, -0.2) is 0 Å². The number of amides is 2. The molecule has 2 amide bonds. The Morgan fingerprint density at radius 2 is 2.19 bits per heavy atom. The second kappa shape index (κ2) is 7.07. The number of hydrogen-bond acceptors (Lipinski definition) is 2. The topological polar surface area (TPSA) is 58.2 Å². The van der Waals surface area contributed by atoms with E-state index in [9.17, 15) is 9.59 Å². The molecule has 4 nitrogen and oxygen atoms in total. The lowest BCUT2D eigenvalue weighted by molar-refractivity contribution is -0.122. The van der Waals surface area contributed by atoms with Crippen molar-refractivity contribution in [2.45, 2.75) is 39.2 Å². The number of carbonyl (C=O) groups is 2. The van der Waals surface area contributed by atoms with E-state index in [0.29, 0.717) is 12.3 Å². The van der Waals surface area contributed by atoms with Crippen molar-refractivity contribution in [3.05, 3.63) is 42.0 Å². The number of rotatable bonds is 5. The molecule has 21 heavy (non-hydrogen) atoms. The molecule has 2 N–H and O–H groups in total. The molecule has 0 fully saturated rings. The number of nitrogens with one attached hydrogen (secondary N) is 2. The largest absolute Gasteiger partial charge is 0.350 e. The fourth-order valence-corrected chi connectivity index (χ4v) is 2.58. The Balaban J connectivity index is 1.92. The molecule has 1 aliphatic carbocycles. The molecule has 4 heteroatoms. The molecular formula is C17H22N2O2. The van der Waals surface area contributed by atoms with Gasteiger partial charge < -0.3 is 10.6 Å². The van der Waals surface area contributed by atoms with Crippen molar-refractivity contribution >= 4 is 17.5 Å². The second-order valence-electron chi connectivity index (χ2n) is 5.57. The number of hydrogen-bond donors (Lipinski definition) is 2. The van der Waals surface area contributed by atoms with Gasteiger partial charge in [0.2, 0.25) is 11.8 Å². The Labute approximate surface area is 125 Å². The molecule has 0 heterocycles.